The van der Waals surface area contributed by atoms with E-state index in [1.807, 2.05) is 0 Å². The minimum Gasteiger partial charge on any atom is -0.508 e. The van der Waals surface area contributed by atoms with Crippen molar-refractivity contribution >= 4 is 41.4 Å². The molecule has 2 saturated heterocycles. The number of aliphatic carboxylic acids is 1. The molecule has 2 heterocycles. The summed E-state index contributed by atoms with van der Waals surface area (Å²) in [6.07, 6.45) is -0.626. The summed E-state index contributed by atoms with van der Waals surface area (Å²) in [5.41, 5.74) is 6.22. The van der Waals surface area contributed by atoms with Crippen molar-refractivity contribution < 1.29 is 48.9 Å². The molecule has 0 bridgehead atoms. The van der Waals surface area contributed by atoms with E-state index in [0.29, 0.717) is 31.4 Å². The van der Waals surface area contributed by atoms with Gasteiger partial charge in [0.15, 0.2) is 0 Å². The fourth-order valence-corrected chi connectivity index (χ4v) is 6.15. The number of aliphatic hydroxyl groups excluding tert-OH is 1. The van der Waals surface area contributed by atoms with Crippen LogP contribution in [-0.4, -0.2) is 117 Å². The number of nitrogens with two attached hydrogens (primary N) is 1. The third-order valence-corrected chi connectivity index (χ3v) is 8.82. The summed E-state index contributed by atoms with van der Waals surface area (Å²) in [7, 11) is 0. The molecule has 7 atom stereocenters. The lowest BCUT2D eigenvalue weighted by molar-refractivity contribution is -0.144. The van der Waals surface area contributed by atoms with Gasteiger partial charge in [0, 0.05) is 13.0 Å². The van der Waals surface area contributed by atoms with Gasteiger partial charge in [-0.2, -0.15) is 0 Å². The van der Waals surface area contributed by atoms with Gasteiger partial charge in [0.2, 0.25) is 35.4 Å². The van der Waals surface area contributed by atoms with Gasteiger partial charge in [-0.15, -0.1) is 0 Å². The van der Waals surface area contributed by atoms with E-state index in [-0.39, 0.29) is 43.9 Å². The van der Waals surface area contributed by atoms with E-state index in [1.54, 1.807) is 26.0 Å². The molecule has 1 aromatic rings. The molecule has 0 spiro atoms. The van der Waals surface area contributed by atoms with E-state index in [9.17, 15) is 48.9 Å². The molecule has 1 aromatic carbocycles. The first-order chi connectivity index (χ1) is 24.1. The van der Waals surface area contributed by atoms with Crippen LogP contribution in [0.2, 0.25) is 0 Å². The van der Waals surface area contributed by atoms with Crippen LogP contribution in [0.5, 0.6) is 5.75 Å². The molecule has 17 nitrogen and oxygen atoms in total. The average molecular weight is 718 g/mol. The molecule has 2 aliphatic heterocycles. The van der Waals surface area contributed by atoms with Gasteiger partial charge >= 0.3 is 5.97 Å². The smallest absolute Gasteiger partial charge is 0.305 e. The molecule has 0 saturated carbocycles. The summed E-state index contributed by atoms with van der Waals surface area (Å²) in [6.45, 7) is 5.27. The summed E-state index contributed by atoms with van der Waals surface area (Å²) >= 11 is 0. The predicted octanol–water partition coefficient (Wildman–Crippen LogP) is -1.61. The summed E-state index contributed by atoms with van der Waals surface area (Å²) in [4.78, 5) is 95.5. The molecular weight excluding hydrogens is 666 g/mol. The van der Waals surface area contributed by atoms with Gasteiger partial charge in [-0.3, -0.25) is 33.6 Å². The van der Waals surface area contributed by atoms with E-state index in [4.69, 9.17) is 5.73 Å². The predicted molar refractivity (Wildman–Crippen MR) is 182 cm³/mol. The number of hydrogen-bond donors (Lipinski definition) is 9. The van der Waals surface area contributed by atoms with Crippen LogP contribution in [0.15, 0.2) is 24.3 Å². The zero-order chi connectivity index (χ0) is 37.8. The number of aromatic hydroxyl groups is 1. The van der Waals surface area contributed by atoms with Crippen molar-refractivity contribution in [3.05, 3.63) is 29.8 Å². The van der Waals surface area contributed by atoms with E-state index in [1.165, 1.54) is 24.0 Å². The fourth-order valence-electron chi connectivity index (χ4n) is 6.15. The van der Waals surface area contributed by atoms with Crippen molar-refractivity contribution in [2.75, 3.05) is 13.1 Å². The molecule has 0 aromatic heterocycles. The molecule has 51 heavy (non-hydrogen) atoms. The van der Waals surface area contributed by atoms with E-state index in [0.717, 1.165) is 0 Å². The van der Waals surface area contributed by atoms with Crippen LogP contribution in [0.25, 0.3) is 0 Å². The Hall–Kier alpha value is -4.77. The Kier molecular flexibility index (Phi) is 15.2. The van der Waals surface area contributed by atoms with Gasteiger partial charge in [0.1, 0.15) is 42.0 Å². The molecular formula is C34H51N7O10. The monoisotopic (exact) mass is 717 g/mol. The molecule has 0 radical (unpaired) electrons. The maximum atomic E-state index is 14.0. The SMILES string of the molecule is CC(C)C[C@@H]1NC(=O)[C@H](Cc2ccc(O)cc2)NC(=O)[C@H]2CCCN2C(=O)[C@H](CCCCN)NC(=O)[C@H]([C@@H](C)O)NC(=O)[C@H](CC(=O)O)NC1=O. The molecule has 6 amide bonds. The van der Waals surface area contributed by atoms with Gasteiger partial charge in [-0.25, -0.2) is 0 Å². The number of nitrogens with zero attached hydrogens (tertiary/aromatic N) is 1. The largest absolute Gasteiger partial charge is 0.508 e. The summed E-state index contributed by atoms with van der Waals surface area (Å²) < 4.78 is 0. The van der Waals surface area contributed by atoms with Crippen molar-refractivity contribution in [1.29, 1.82) is 0 Å². The Morgan fingerprint density at radius 2 is 1.41 bits per heavy atom. The number of amides is 6. The van der Waals surface area contributed by atoms with Crippen molar-refractivity contribution in [2.45, 2.75) is 114 Å². The summed E-state index contributed by atoms with van der Waals surface area (Å²) in [6, 6.07) is -2.15. The highest BCUT2D eigenvalue weighted by molar-refractivity contribution is 5.99. The number of hydrogen-bond acceptors (Lipinski definition) is 10. The van der Waals surface area contributed by atoms with E-state index in [2.05, 4.69) is 26.6 Å². The number of phenols is 1. The Morgan fingerprint density at radius 3 is 2.02 bits per heavy atom. The van der Waals surface area contributed by atoms with Crippen LogP contribution in [0.4, 0.5) is 0 Å². The van der Waals surface area contributed by atoms with Gasteiger partial charge in [-0.1, -0.05) is 26.0 Å². The lowest BCUT2D eigenvalue weighted by Crippen LogP contribution is -2.63. The number of phenolic OH excluding ortho intramolecular Hbond substituents is 1. The quantitative estimate of drug-likeness (QED) is 0.118. The van der Waals surface area contributed by atoms with Gasteiger partial charge < -0.3 is 52.5 Å². The zero-order valence-electron chi connectivity index (χ0n) is 29.2. The maximum absolute atomic E-state index is 14.0. The highest BCUT2D eigenvalue weighted by Gasteiger charge is 2.41. The topological polar surface area (TPSA) is 270 Å². The summed E-state index contributed by atoms with van der Waals surface area (Å²) in [5, 5.41) is 42.5. The number of nitrogens with one attached hydrogen (secondary N) is 5. The molecule has 2 aliphatic rings. The molecule has 3 rings (SSSR count). The number of aliphatic hydroxyl groups is 1. The lowest BCUT2D eigenvalue weighted by Gasteiger charge is -2.32. The Bertz CT molecular complexity index is 1420. The minimum absolute atomic E-state index is 0.0152. The van der Waals surface area contributed by atoms with Crippen LogP contribution < -0.4 is 32.3 Å². The number of benzene rings is 1. The van der Waals surface area contributed by atoms with Crippen LogP contribution >= 0.6 is 0 Å². The molecule has 2 fully saturated rings. The first-order valence-electron chi connectivity index (χ1n) is 17.3. The second-order valence-corrected chi connectivity index (χ2v) is 13.5. The van der Waals surface area contributed by atoms with Crippen LogP contribution in [-0.2, 0) is 40.0 Å². The van der Waals surface area contributed by atoms with E-state index >= 15 is 0 Å². The lowest BCUT2D eigenvalue weighted by atomic mass is 10.00. The van der Waals surface area contributed by atoms with Crippen LogP contribution in [0.3, 0.4) is 0 Å². The van der Waals surface area contributed by atoms with Crippen LogP contribution in [0, 0.1) is 5.92 Å². The number of carbonyl (C=O) groups is 7. The Morgan fingerprint density at radius 1 is 0.824 bits per heavy atom. The second-order valence-electron chi connectivity index (χ2n) is 13.5. The first-order valence-corrected chi connectivity index (χ1v) is 17.3. The third-order valence-electron chi connectivity index (χ3n) is 8.82. The minimum atomic E-state index is -1.73. The van der Waals surface area contributed by atoms with Gasteiger partial charge in [0.05, 0.1) is 12.5 Å². The number of unbranched alkanes of at least 4 members (excludes halogenated alkanes) is 1. The van der Waals surface area contributed by atoms with E-state index < -0.39 is 90.2 Å². The highest BCUT2D eigenvalue weighted by atomic mass is 16.4. The fraction of sp³-hybridized carbons (Fsp3) is 0.618. The van der Waals surface area contributed by atoms with Gasteiger partial charge in [-0.05, 0) is 75.6 Å². The standard InChI is InChI=1S/C34H51N7O10/c1-18(2)15-23-29(46)38-25(17-27(44)45)31(48)40-28(19(3)42)33(50)36-22(7-4-5-13-35)34(51)41-14-6-8-26(41)32(49)39-24(30(47)37-23)16-20-9-11-21(43)12-10-20/h9-12,18-19,22-26,28,42-43H,4-8,13-17,35H2,1-3H3,(H,36,50)(H,37,47)(H,38,46)(H,39,49)(H,40,48)(H,44,45)/t19-,22+,23+,24+,25+,26-,28+/m1/s1. The maximum Gasteiger partial charge on any atom is 0.305 e. The van der Waals surface area contributed by atoms with Crippen molar-refractivity contribution in [1.82, 2.24) is 31.5 Å². The van der Waals surface area contributed by atoms with Gasteiger partial charge in [0.25, 0.3) is 0 Å². The Labute approximate surface area is 296 Å². The second kappa shape index (κ2) is 19.0. The number of carboxylic acids is 1. The molecule has 0 aliphatic carbocycles. The normalized spacial score (nSPS) is 26.2. The molecule has 0 unspecified atom stereocenters. The molecule has 10 N–H and O–H groups in total. The number of carboxylic acid groups (broad SMARTS) is 1. The number of fused-ring (bicyclic) bond motifs is 1. The molecule has 17 heteroatoms. The highest BCUT2D eigenvalue weighted by Crippen LogP contribution is 2.21. The zero-order valence-corrected chi connectivity index (χ0v) is 29.2. The number of carbonyl (C=O) groups excluding carboxylic acids is 6. The first kappa shape index (κ1) is 40.7. The van der Waals surface area contributed by atoms with Crippen molar-refractivity contribution in [3.63, 3.8) is 0 Å². The molecule has 282 valence electrons. The van der Waals surface area contributed by atoms with Crippen LogP contribution in [0.1, 0.15) is 71.3 Å². The third kappa shape index (κ3) is 11.9. The van der Waals surface area contributed by atoms with Crippen molar-refractivity contribution in [3.8, 4) is 5.75 Å². The number of rotatable bonds is 11. The summed E-state index contributed by atoms with van der Waals surface area (Å²) in [5.74, 6) is -6.53. The Balaban J connectivity index is 2.10. The van der Waals surface area contributed by atoms with Crippen molar-refractivity contribution in [2.24, 2.45) is 11.7 Å². The average Bonchev–Trinajstić information content (AvgIpc) is 3.55.